The van der Waals surface area contributed by atoms with Gasteiger partial charge in [-0.3, -0.25) is 4.79 Å². The number of amides is 1. The van der Waals surface area contributed by atoms with E-state index >= 15 is 0 Å². The zero-order chi connectivity index (χ0) is 20.4. The van der Waals surface area contributed by atoms with E-state index in [4.69, 9.17) is 4.98 Å². The largest absolute Gasteiger partial charge is 0.343 e. The predicted molar refractivity (Wildman–Crippen MR) is 113 cm³/mol. The number of carbonyl (C=O) groups is 1. The van der Waals surface area contributed by atoms with Gasteiger partial charge in [0.25, 0.3) is 5.91 Å². The van der Waals surface area contributed by atoms with Crippen molar-refractivity contribution in [1.29, 1.82) is 0 Å². The molecule has 0 radical (unpaired) electrons. The molecule has 150 valence electrons. The first-order valence-electron chi connectivity index (χ1n) is 9.69. The lowest BCUT2D eigenvalue weighted by Crippen LogP contribution is -2.54. The van der Waals surface area contributed by atoms with Crippen LogP contribution in [0.25, 0.3) is 0 Å². The lowest BCUT2D eigenvalue weighted by atomic mass is 10.1. The molecule has 0 bridgehead atoms. The van der Waals surface area contributed by atoms with E-state index in [-0.39, 0.29) is 17.8 Å². The number of piperazine rings is 1. The molecule has 5 nitrogen and oxygen atoms in total. The van der Waals surface area contributed by atoms with E-state index in [1.807, 2.05) is 11.8 Å². The molecular weight excluding hydrogens is 387 g/mol. The third kappa shape index (κ3) is 4.45. The average Bonchev–Trinajstić information content (AvgIpc) is 3.18. The molecule has 1 amide bonds. The van der Waals surface area contributed by atoms with Crippen molar-refractivity contribution in [3.05, 3.63) is 76.9 Å². The molecule has 1 aromatic heterocycles. The van der Waals surface area contributed by atoms with E-state index in [9.17, 15) is 9.18 Å². The monoisotopic (exact) mass is 410 g/mol. The molecule has 0 N–H and O–H groups in total. The number of hydrogen-bond donors (Lipinski definition) is 0. The number of halogens is 1. The van der Waals surface area contributed by atoms with Crippen LogP contribution in [0, 0.1) is 12.7 Å². The molecule has 0 spiro atoms. The van der Waals surface area contributed by atoms with Gasteiger partial charge in [0, 0.05) is 49.2 Å². The van der Waals surface area contributed by atoms with Crippen LogP contribution in [0.5, 0.6) is 0 Å². The molecule has 2 aromatic carbocycles. The molecule has 1 aliphatic heterocycles. The first-order valence-corrected chi connectivity index (χ1v) is 10.5. The first-order chi connectivity index (χ1) is 14.0. The van der Waals surface area contributed by atoms with Crippen LogP contribution in [0.3, 0.4) is 0 Å². The van der Waals surface area contributed by atoms with Crippen LogP contribution >= 0.6 is 11.5 Å². The van der Waals surface area contributed by atoms with Crippen molar-refractivity contribution >= 4 is 22.6 Å². The van der Waals surface area contributed by atoms with Gasteiger partial charge in [-0.2, -0.15) is 4.37 Å². The van der Waals surface area contributed by atoms with Crippen molar-refractivity contribution in [2.75, 3.05) is 24.5 Å². The topological polar surface area (TPSA) is 49.3 Å². The summed E-state index contributed by atoms with van der Waals surface area (Å²) in [6, 6.07) is 14.2. The molecule has 0 saturated carbocycles. The number of benzene rings is 2. The lowest BCUT2D eigenvalue weighted by molar-refractivity contribution is 0.0674. The zero-order valence-corrected chi connectivity index (χ0v) is 17.3. The number of aromatic nitrogens is 2. The number of hydrogen-bond acceptors (Lipinski definition) is 5. The lowest BCUT2D eigenvalue weighted by Gasteiger charge is -2.39. The van der Waals surface area contributed by atoms with E-state index in [0.717, 1.165) is 17.4 Å². The van der Waals surface area contributed by atoms with Gasteiger partial charge in [0.15, 0.2) is 0 Å². The standard InChI is InChI=1S/C22H23FN4OS/c1-15-3-5-17(6-4-15)13-20-24-22(29-25-20)26-11-12-27(16(2)14-26)21(28)18-7-9-19(23)10-8-18/h3-10,16H,11-14H2,1-2H3/t16-/m0/s1. The van der Waals surface area contributed by atoms with Crippen LogP contribution in [-0.4, -0.2) is 45.8 Å². The molecule has 1 aliphatic rings. The van der Waals surface area contributed by atoms with Gasteiger partial charge in [-0.1, -0.05) is 29.8 Å². The Hall–Kier alpha value is -2.80. The summed E-state index contributed by atoms with van der Waals surface area (Å²) in [6.45, 7) is 6.11. The van der Waals surface area contributed by atoms with Gasteiger partial charge in [0.2, 0.25) is 5.13 Å². The second-order valence-electron chi connectivity index (χ2n) is 7.46. The number of aryl methyl sites for hydroxylation is 1. The van der Waals surface area contributed by atoms with Crippen molar-refractivity contribution in [2.45, 2.75) is 26.3 Å². The van der Waals surface area contributed by atoms with Crippen molar-refractivity contribution < 1.29 is 9.18 Å². The van der Waals surface area contributed by atoms with Crippen LogP contribution in [0.2, 0.25) is 0 Å². The number of anilines is 1. The van der Waals surface area contributed by atoms with Crippen molar-refractivity contribution in [3.63, 3.8) is 0 Å². The molecule has 29 heavy (non-hydrogen) atoms. The Labute approximate surface area is 174 Å². The normalized spacial score (nSPS) is 16.9. The Morgan fingerprint density at radius 1 is 1.14 bits per heavy atom. The predicted octanol–water partition coefficient (Wildman–Crippen LogP) is 3.93. The third-order valence-corrected chi connectivity index (χ3v) is 6.01. The fraction of sp³-hybridized carbons (Fsp3) is 0.318. The second kappa shape index (κ2) is 8.29. The summed E-state index contributed by atoms with van der Waals surface area (Å²) < 4.78 is 17.6. The van der Waals surface area contributed by atoms with Gasteiger partial charge < -0.3 is 9.80 Å². The van der Waals surface area contributed by atoms with Gasteiger partial charge in [-0.05, 0) is 43.7 Å². The Kier molecular flexibility index (Phi) is 5.58. The highest BCUT2D eigenvalue weighted by Crippen LogP contribution is 2.23. The highest BCUT2D eigenvalue weighted by Gasteiger charge is 2.29. The molecule has 4 rings (SSSR count). The Morgan fingerprint density at radius 2 is 1.86 bits per heavy atom. The van der Waals surface area contributed by atoms with Crippen molar-refractivity contribution in [3.8, 4) is 0 Å². The van der Waals surface area contributed by atoms with Crippen LogP contribution in [-0.2, 0) is 6.42 Å². The van der Waals surface area contributed by atoms with E-state index in [2.05, 4.69) is 40.5 Å². The number of rotatable bonds is 4. The summed E-state index contributed by atoms with van der Waals surface area (Å²) in [6.07, 6.45) is 0.718. The van der Waals surface area contributed by atoms with E-state index in [1.54, 1.807) is 12.1 Å². The summed E-state index contributed by atoms with van der Waals surface area (Å²) in [5, 5.41) is 0.896. The fourth-order valence-electron chi connectivity index (χ4n) is 3.52. The number of carbonyl (C=O) groups excluding carboxylic acids is 1. The van der Waals surface area contributed by atoms with Gasteiger partial charge >= 0.3 is 0 Å². The van der Waals surface area contributed by atoms with Gasteiger partial charge in [0.1, 0.15) is 11.6 Å². The summed E-state index contributed by atoms with van der Waals surface area (Å²) in [5.74, 6) is 0.429. The summed E-state index contributed by atoms with van der Waals surface area (Å²) >= 11 is 1.41. The highest BCUT2D eigenvalue weighted by atomic mass is 32.1. The van der Waals surface area contributed by atoms with E-state index in [1.165, 1.54) is 34.8 Å². The van der Waals surface area contributed by atoms with Crippen molar-refractivity contribution in [1.82, 2.24) is 14.3 Å². The maximum absolute atomic E-state index is 13.1. The van der Waals surface area contributed by atoms with E-state index < -0.39 is 0 Å². The van der Waals surface area contributed by atoms with E-state index in [0.29, 0.717) is 25.2 Å². The summed E-state index contributed by atoms with van der Waals surface area (Å²) in [4.78, 5) is 21.5. The summed E-state index contributed by atoms with van der Waals surface area (Å²) in [5.41, 5.74) is 2.95. The molecule has 1 fully saturated rings. The smallest absolute Gasteiger partial charge is 0.254 e. The number of nitrogens with zero attached hydrogens (tertiary/aromatic N) is 4. The van der Waals surface area contributed by atoms with Crippen LogP contribution < -0.4 is 4.90 Å². The average molecular weight is 411 g/mol. The Balaban J connectivity index is 1.39. The van der Waals surface area contributed by atoms with Gasteiger partial charge in [-0.25, -0.2) is 9.37 Å². The molecule has 0 unspecified atom stereocenters. The molecule has 3 aromatic rings. The quantitative estimate of drug-likeness (QED) is 0.654. The first kappa shape index (κ1) is 19.5. The van der Waals surface area contributed by atoms with Crippen molar-refractivity contribution in [2.24, 2.45) is 0 Å². The molecule has 2 heterocycles. The Morgan fingerprint density at radius 3 is 2.55 bits per heavy atom. The zero-order valence-electron chi connectivity index (χ0n) is 16.5. The van der Waals surface area contributed by atoms with Gasteiger partial charge in [-0.15, -0.1) is 0 Å². The highest BCUT2D eigenvalue weighted by molar-refractivity contribution is 7.09. The molecule has 1 atom stereocenters. The molecule has 7 heteroatoms. The molecular formula is C22H23FN4OS. The minimum atomic E-state index is -0.336. The van der Waals surface area contributed by atoms with Crippen LogP contribution in [0.4, 0.5) is 9.52 Å². The SMILES string of the molecule is Cc1ccc(Cc2nsc(N3CCN(C(=O)c4ccc(F)cc4)[C@@H](C)C3)n2)cc1. The third-order valence-electron chi connectivity index (χ3n) is 5.19. The maximum Gasteiger partial charge on any atom is 0.254 e. The fourth-order valence-corrected chi connectivity index (χ4v) is 4.24. The minimum absolute atomic E-state index is 0.0331. The summed E-state index contributed by atoms with van der Waals surface area (Å²) in [7, 11) is 0. The Bertz CT molecular complexity index is 987. The molecule has 1 saturated heterocycles. The molecule has 0 aliphatic carbocycles. The van der Waals surface area contributed by atoms with Crippen LogP contribution in [0.15, 0.2) is 48.5 Å². The maximum atomic E-state index is 13.1. The van der Waals surface area contributed by atoms with Crippen LogP contribution in [0.1, 0.15) is 34.2 Å². The second-order valence-corrected chi connectivity index (χ2v) is 8.19. The van der Waals surface area contributed by atoms with Gasteiger partial charge in [0.05, 0.1) is 0 Å². The minimum Gasteiger partial charge on any atom is -0.343 e.